The van der Waals surface area contributed by atoms with E-state index in [-0.39, 0.29) is 24.1 Å². The number of rotatable bonds is 2. The third kappa shape index (κ3) is 2.67. The Hall–Kier alpha value is -1.08. The first-order valence-corrected chi connectivity index (χ1v) is 5.78. The highest BCUT2D eigenvalue weighted by molar-refractivity contribution is 5.18. The summed E-state index contributed by atoms with van der Waals surface area (Å²) < 4.78 is 48.5. The van der Waals surface area contributed by atoms with E-state index in [9.17, 15) is 13.2 Å². The van der Waals surface area contributed by atoms with Gasteiger partial charge in [0.2, 0.25) is 11.7 Å². The molecule has 1 atom stereocenters. The lowest BCUT2D eigenvalue weighted by atomic mass is 10.1. The number of nitrogens with zero attached hydrogens (tertiary/aromatic N) is 1. The standard InChI is InChI=1S/C11H15F3N2O2/c1-6(2)8-9(11(12,13)14)18-10(16-8)7-5-17-4-3-15-7/h6-7,15H,3-5H2,1-2H3. The number of oxazole rings is 1. The Morgan fingerprint density at radius 2 is 2.11 bits per heavy atom. The predicted molar refractivity (Wildman–Crippen MR) is 57.2 cm³/mol. The Bertz CT molecular complexity index is 409. The summed E-state index contributed by atoms with van der Waals surface area (Å²) in [4.78, 5) is 3.97. The molecule has 1 aromatic rings. The molecule has 1 aromatic heterocycles. The molecule has 0 radical (unpaired) electrons. The van der Waals surface area contributed by atoms with Crippen molar-refractivity contribution in [3.8, 4) is 0 Å². The van der Waals surface area contributed by atoms with Crippen LogP contribution in [0.25, 0.3) is 0 Å². The summed E-state index contributed by atoms with van der Waals surface area (Å²) in [6.07, 6.45) is -4.51. The number of nitrogens with one attached hydrogen (secondary N) is 1. The average molecular weight is 264 g/mol. The average Bonchev–Trinajstić information content (AvgIpc) is 2.74. The van der Waals surface area contributed by atoms with Crippen LogP contribution in [0.1, 0.15) is 43.2 Å². The number of halogens is 3. The molecule has 1 unspecified atom stereocenters. The molecule has 1 fully saturated rings. The summed E-state index contributed by atoms with van der Waals surface area (Å²) >= 11 is 0. The fourth-order valence-corrected chi connectivity index (χ4v) is 1.82. The quantitative estimate of drug-likeness (QED) is 0.891. The summed E-state index contributed by atoms with van der Waals surface area (Å²) in [6, 6.07) is -0.410. The highest BCUT2D eigenvalue weighted by Crippen LogP contribution is 2.36. The number of aromatic nitrogens is 1. The lowest BCUT2D eigenvalue weighted by Crippen LogP contribution is -2.34. The fourth-order valence-electron chi connectivity index (χ4n) is 1.82. The van der Waals surface area contributed by atoms with Crippen LogP contribution in [-0.2, 0) is 10.9 Å². The minimum Gasteiger partial charge on any atom is -0.434 e. The van der Waals surface area contributed by atoms with Gasteiger partial charge in [-0.05, 0) is 5.92 Å². The topological polar surface area (TPSA) is 47.3 Å². The largest absolute Gasteiger partial charge is 0.451 e. The van der Waals surface area contributed by atoms with Crippen molar-refractivity contribution in [3.63, 3.8) is 0 Å². The van der Waals surface area contributed by atoms with E-state index in [1.165, 1.54) is 0 Å². The molecule has 2 rings (SSSR count). The zero-order chi connectivity index (χ0) is 13.3. The van der Waals surface area contributed by atoms with Gasteiger partial charge in [0, 0.05) is 6.54 Å². The second-order valence-electron chi connectivity index (χ2n) is 4.50. The summed E-state index contributed by atoms with van der Waals surface area (Å²) in [5.41, 5.74) is -0.0510. The third-order valence-electron chi connectivity index (χ3n) is 2.69. The molecule has 0 amide bonds. The zero-order valence-corrected chi connectivity index (χ0v) is 10.2. The van der Waals surface area contributed by atoms with Crippen LogP contribution in [0.5, 0.6) is 0 Å². The Labute approximate surface area is 103 Å². The van der Waals surface area contributed by atoms with Crippen LogP contribution >= 0.6 is 0 Å². The highest BCUT2D eigenvalue weighted by atomic mass is 19.4. The molecule has 0 aromatic carbocycles. The summed E-state index contributed by atoms with van der Waals surface area (Å²) in [5.74, 6) is -1.30. The van der Waals surface area contributed by atoms with E-state index in [4.69, 9.17) is 9.15 Å². The first-order valence-electron chi connectivity index (χ1n) is 5.78. The molecule has 102 valence electrons. The normalized spacial score (nSPS) is 21.6. The van der Waals surface area contributed by atoms with Crippen molar-refractivity contribution in [2.24, 2.45) is 0 Å². The fraction of sp³-hybridized carbons (Fsp3) is 0.727. The van der Waals surface area contributed by atoms with Gasteiger partial charge < -0.3 is 14.5 Å². The smallest absolute Gasteiger partial charge is 0.434 e. The van der Waals surface area contributed by atoms with Crippen LogP contribution in [0.4, 0.5) is 13.2 Å². The number of hydrogen-bond donors (Lipinski definition) is 1. The first-order chi connectivity index (χ1) is 8.39. The molecule has 1 aliphatic heterocycles. The second-order valence-corrected chi connectivity index (χ2v) is 4.50. The molecule has 0 saturated carbocycles. The molecule has 0 spiro atoms. The molecule has 2 heterocycles. The van der Waals surface area contributed by atoms with Gasteiger partial charge in [-0.25, -0.2) is 4.98 Å². The van der Waals surface area contributed by atoms with Crippen molar-refractivity contribution >= 4 is 0 Å². The third-order valence-corrected chi connectivity index (χ3v) is 2.69. The summed E-state index contributed by atoms with van der Waals surface area (Å²) in [5, 5.41) is 3.02. The maximum absolute atomic E-state index is 12.8. The Morgan fingerprint density at radius 1 is 1.39 bits per heavy atom. The molecular formula is C11H15F3N2O2. The number of ether oxygens (including phenoxy) is 1. The molecular weight excluding hydrogens is 249 g/mol. The van der Waals surface area contributed by atoms with Crippen LogP contribution in [0.15, 0.2) is 4.42 Å². The van der Waals surface area contributed by atoms with Crippen molar-refractivity contribution < 1.29 is 22.3 Å². The Morgan fingerprint density at radius 3 is 2.56 bits per heavy atom. The molecule has 4 nitrogen and oxygen atoms in total. The number of hydrogen-bond acceptors (Lipinski definition) is 4. The number of morpholine rings is 1. The monoisotopic (exact) mass is 264 g/mol. The van der Waals surface area contributed by atoms with Crippen LogP contribution in [0.2, 0.25) is 0 Å². The van der Waals surface area contributed by atoms with Crippen LogP contribution in [0.3, 0.4) is 0 Å². The minimum atomic E-state index is -4.51. The van der Waals surface area contributed by atoms with E-state index in [0.29, 0.717) is 13.2 Å². The van der Waals surface area contributed by atoms with E-state index in [1.54, 1.807) is 13.8 Å². The first kappa shape index (κ1) is 13.4. The lowest BCUT2D eigenvalue weighted by molar-refractivity contribution is -0.154. The van der Waals surface area contributed by atoms with Crippen LogP contribution in [0, 0.1) is 0 Å². The molecule has 7 heteroatoms. The van der Waals surface area contributed by atoms with Gasteiger partial charge in [-0.3, -0.25) is 0 Å². The van der Waals surface area contributed by atoms with Gasteiger partial charge in [-0.2, -0.15) is 13.2 Å². The van der Waals surface area contributed by atoms with Crippen molar-refractivity contribution in [2.45, 2.75) is 32.0 Å². The van der Waals surface area contributed by atoms with E-state index < -0.39 is 18.0 Å². The van der Waals surface area contributed by atoms with Gasteiger partial charge in [-0.1, -0.05) is 13.8 Å². The Balaban J connectivity index is 2.32. The van der Waals surface area contributed by atoms with E-state index >= 15 is 0 Å². The van der Waals surface area contributed by atoms with Gasteiger partial charge in [0.05, 0.1) is 18.9 Å². The van der Waals surface area contributed by atoms with Gasteiger partial charge in [0.25, 0.3) is 0 Å². The summed E-state index contributed by atoms with van der Waals surface area (Å²) in [7, 11) is 0. The molecule has 0 bridgehead atoms. The lowest BCUT2D eigenvalue weighted by Gasteiger charge is -2.20. The maximum atomic E-state index is 12.8. The molecule has 1 N–H and O–H groups in total. The highest BCUT2D eigenvalue weighted by Gasteiger charge is 2.41. The van der Waals surface area contributed by atoms with E-state index in [0.717, 1.165) is 0 Å². The van der Waals surface area contributed by atoms with Gasteiger partial charge in [0.15, 0.2) is 0 Å². The van der Waals surface area contributed by atoms with Gasteiger partial charge in [0.1, 0.15) is 6.04 Å². The predicted octanol–water partition coefficient (Wildman–Crippen LogP) is 2.48. The van der Waals surface area contributed by atoms with Crippen LogP contribution in [-0.4, -0.2) is 24.7 Å². The van der Waals surface area contributed by atoms with E-state index in [1.807, 2.05) is 0 Å². The van der Waals surface area contributed by atoms with Crippen LogP contribution < -0.4 is 5.32 Å². The molecule has 1 saturated heterocycles. The van der Waals surface area contributed by atoms with Crippen molar-refractivity contribution in [1.82, 2.24) is 10.3 Å². The second kappa shape index (κ2) is 4.89. The Kier molecular flexibility index (Phi) is 3.63. The van der Waals surface area contributed by atoms with Crippen molar-refractivity contribution in [3.05, 3.63) is 17.3 Å². The molecule has 1 aliphatic rings. The maximum Gasteiger partial charge on any atom is 0.451 e. The van der Waals surface area contributed by atoms with E-state index in [2.05, 4.69) is 10.3 Å². The number of alkyl halides is 3. The van der Waals surface area contributed by atoms with Gasteiger partial charge in [-0.15, -0.1) is 0 Å². The summed E-state index contributed by atoms with van der Waals surface area (Å²) in [6.45, 7) is 4.70. The van der Waals surface area contributed by atoms with Crippen molar-refractivity contribution in [1.29, 1.82) is 0 Å². The SMILES string of the molecule is CC(C)c1nc(C2COCCN2)oc1C(F)(F)F. The minimum absolute atomic E-state index is 0.0470. The zero-order valence-electron chi connectivity index (χ0n) is 10.2. The molecule has 0 aliphatic carbocycles. The van der Waals surface area contributed by atoms with Gasteiger partial charge >= 0.3 is 6.18 Å². The molecule has 18 heavy (non-hydrogen) atoms. The van der Waals surface area contributed by atoms with Crippen molar-refractivity contribution in [2.75, 3.05) is 19.8 Å².